The van der Waals surface area contributed by atoms with Crippen molar-refractivity contribution in [2.24, 2.45) is 0 Å². The van der Waals surface area contributed by atoms with Crippen molar-refractivity contribution in [3.05, 3.63) is 34.8 Å². The molecule has 0 aliphatic carbocycles. The van der Waals surface area contributed by atoms with Gasteiger partial charge in [0, 0.05) is 18.1 Å². The summed E-state index contributed by atoms with van der Waals surface area (Å²) < 4.78 is 1.89. The molecule has 0 aromatic carbocycles. The summed E-state index contributed by atoms with van der Waals surface area (Å²) in [4.78, 5) is 21.4. The molecule has 3 aromatic rings. The van der Waals surface area contributed by atoms with Gasteiger partial charge in [0.05, 0.1) is 4.88 Å². The molecule has 24 heavy (non-hydrogen) atoms. The second-order valence-electron chi connectivity index (χ2n) is 5.51. The molecule has 0 fully saturated rings. The molecule has 0 radical (unpaired) electrons. The van der Waals surface area contributed by atoms with E-state index in [1.54, 1.807) is 11.3 Å². The third-order valence-electron chi connectivity index (χ3n) is 4.05. The van der Waals surface area contributed by atoms with Gasteiger partial charge in [0.2, 0.25) is 0 Å². The summed E-state index contributed by atoms with van der Waals surface area (Å²) in [6.45, 7) is 8.13. The Hall–Kier alpha value is -1.70. The summed E-state index contributed by atoms with van der Waals surface area (Å²) in [7, 11) is 0. The van der Waals surface area contributed by atoms with Crippen LogP contribution in [-0.2, 0) is 0 Å². The van der Waals surface area contributed by atoms with E-state index in [0.29, 0.717) is 12.2 Å². The molecular formula is C17H22N4OS2. The van der Waals surface area contributed by atoms with Crippen LogP contribution in [0.15, 0.2) is 29.1 Å². The molecule has 0 aliphatic rings. The van der Waals surface area contributed by atoms with E-state index in [2.05, 4.69) is 29.0 Å². The molecule has 0 saturated carbocycles. The minimum absolute atomic E-state index is 0.0315. The van der Waals surface area contributed by atoms with E-state index in [1.165, 1.54) is 11.3 Å². The van der Waals surface area contributed by atoms with Gasteiger partial charge in [0.25, 0.3) is 5.91 Å². The lowest BCUT2D eigenvalue weighted by Gasteiger charge is -2.17. The molecule has 3 rings (SSSR count). The van der Waals surface area contributed by atoms with Crippen LogP contribution in [0.3, 0.4) is 0 Å². The summed E-state index contributed by atoms with van der Waals surface area (Å²) in [5.74, 6) is -0.0315. The van der Waals surface area contributed by atoms with E-state index in [9.17, 15) is 4.79 Å². The topological polar surface area (TPSA) is 49.6 Å². The average Bonchev–Trinajstić information content (AvgIpc) is 3.30. The van der Waals surface area contributed by atoms with Gasteiger partial charge in [-0.05, 0) is 37.5 Å². The van der Waals surface area contributed by atoms with Crippen molar-refractivity contribution in [3.63, 3.8) is 0 Å². The summed E-state index contributed by atoms with van der Waals surface area (Å²) in [6.07, 6.45) is 2.91. The van der Waals surface area contributed by atoms with E-state index in [1.807, 2.05) is 33.5 Å². The molecule has 1 amide bonds. The largest absolute Gasteiger partial charge is 0.351 e. The zero-order valence-electron chi connectivity index (χ0n) is 14.0. The fourth-order valence-corrected chi connectivity index (χ4v) is 4.16. The van der Waals surface area contributed by atoms with Crippen molar-refractivity contribution in [1.82, 2.24) is 19.6 Å². The van der Waals surface area contributed by atoms with Crippen LogP contribution >= 0.6 is 22.7 Å². The van der Waals surface area contributed by atoms with Crippen molar-refractivity contribution < 1.29 is 4.79 Å². The SMILES string of the molecule is CCN(CC)CCCNC(=O)c1csc2nc(-c3cccs3)cn12. The van der Waals surface area contributed by atoms with E-state index in [4.69, 9.17) is 0 Å². The third-order valence-corrected chi connectivity index (χ3v) is 5.78. The van der Waals surface area contributed by atoms with Crippen LogP contribution in [0.2, 0.25) is 0 Å². The zero-order valence-corrected chi connectivity index (χ0v) is 15.6. The highest BCUT2D eigenvalue weighted by atomic mass is 32.1. The van der Waals surface area contributed by atoms with Gasteiger partial charge in [-0.2, -0.15) is 0 Å². The van der Waals surface area contributed by atoms with Gasteiger partial charge >= 0.3 is 0 Å². The van der Waals surface area contributed by atoms with Crippen LogP contribution in [0, 0.1) is 0 Å². The highest BCUT2D eigenvalue weighted by Crippen LogP contribution is 2.26. The number of aromatic nitrogens is 2. The molecule has 3 aromatic heterocycles. The van der Waals surface area contributed by atoms with Crippen molar-refractivity contribution in [3.8, 4) is 10.6 Å². The van der Waals surface area contributed by atoms with Crippen molar-refractivity contribution in [2.75, 3.05) is 26.2 Å². The molecule has 0 spiro atoms. The van der Waals surface area contributed by atoms with Gasteiger partial charge < -0.3 is 10.2 Å². The number of thiophene rings is 1. The zero-order chi connectivity index (χ0) is 16.9. The number of carbonyl (C=O) groups excluding carboxylic acids is 1. The number of nitrogens with zero attached hydrogens (tertiary/aromatic N) is 3. The molecular weight excluding hydrogens is 340 g/mol. The second kappa shape index (κ2) is 7.92. The maximum atomic E-state index is 12.4. The monoisotopic (exact) mass is 362 g/mol. The molecule has 0 bridgehead atoms. The normalized spacial score (nSPS) is 11.5. The van der Waals surface area contributed by atoms with Crippen LogP contribution in [0.5, 0.6) is 0 Å². The van der Waals surface area contributed by atoms with Crippen LogP contribution in [0.25, 0.3) is 15.5 Å². The highest BCUT2D eigenvalue weighted by Gasteiger charge is 2.15. The molecule has 7 heteroatoms. The Balaban J connectivity index is 1.63. The molecule has 1 N–H and O–H groups in total. The van der Waals surface area contributed by atoms with Gasteiger partial charge in [-0.25, -0.2) is 4.98 Å². The maximum absolute atomic E-state index is 12.4. The Morgan fingerprint density at radius 3 is 2.88 bits per heavy atom. The van der Waals surface area contributed by atoms with Crippen LogP contribution < -0.4 is 5.32 Å². The number of thiazole rings is 1. The first-order chi connectivity index (χ1) is 11.7. The van der Waals surface area contributed by atoms with Gasteiger partial charge in [0.15, 0.2) is 4.96 Å². The van der Waals surface area contributed by atoms with E-state index in [0.717, 1.165) is 41.6 Å². The van der Waals surface area contributed by atoms with Gasteiger partial charge in [-0.3, -0.25) is 9.20 Å². The van der Waals surface area contributed by atoms with Crippen molar-refractivity contribution in [2.45, 2.75) is 20.3 Å². The fraction of sp³-hybridized carbons (Fsp3) is 0.412. The van der Waals surface area contributed by atoms with Crippen molar-refractivity contribution in [1.29, 1.82) is 0 Å². The van der Waals surface area contributed by atoms with Crippen molar-refractivity contribution >= 4 is 33.5 Å². The van der Waals surface area contributed by atoms with Crippen LogP contribution in [0.1, 0.15) is 30.8 Å². The summed E-state index contributed by atoms with van der Waals surface area (Å²) >= 11 is 3.16. The summed E-state index contributed by atoms with van der Waals surface area (Å²) in [6, 6.07) is 4.06. The lowest BCUT2D eigenvalue weighted by atomic mass is 10.3. The number of imidazole rings is 1. The van der Waals surface area contributed by atoms with E-state index >= 15 is 0 Å². The predicted molar refractivity (Wildman–Crippen MR) is 101 cm³/mol. The Kier molecular flexibility index (Phi) is 5.65. The summed E-state index contributed by atoms with van der Waals surface area (Å²) in [5, 5.41) is 6.93. The van der Waals surface area contributed by atoms with Gasteiger partial charge in [-0.1, -0.05) is 19.9 Å². The number of hydrogen-bond donors (Lipinski definition) is 1. The Labute approximate surface area is 149 Å². The number of rotatable bonds is 8. The Morgan fingerprint density at radius 1 is 1.33 bits per heavy atom. The average molecular weight is 363 g/mol. The fourth-order valence-electron chi connectivity index (χ4n) is 2.63. The number of nitrogens with one attached hydrogen (secondary N) is 1. The molecule has 0 atom stereocenters. The first-order valence-electron chi connectivity index (χ1n) is 8.24. The minimum atomic E-state index is -0.0315. The van der Waals surface area contributed by atoms with E-state index < -0.39 is 0 Å². The number of fused-ring (bicyclic) bond motifs is 1. The smallest absolute Gasteiger partial charge is 0.269 e. The Morgan fingerprint density at radius 2 is 2.17 bits per heavy atom. The van der Waals surface area contributed by atoms with Gasteiger partial charge in [0.1, 0.15) is 11.4 Å². The van der Waals surface area contributed by atoms with Gasteiger partial charge in [-0.15, -0.1) is 22.7 Å². The quantitative estimate of drug-likeness (QED) is 0.623. The molecule has 5 nitrogen and oxygen atoms in total. The first kappa shape index (κ1) is 17.1. The second-order valence-corrected chi connectivity index (χ2v) is 7.30. The first-order valence-corrected chi connectivity index (χ1v) is 9.99. The predicted octanol–water partition coefficient (Wildman–Crippen LogP) is 3.59. The van der Waals surface area contributed by atoms with E-state index in [-0.39, 0.29) is 5.91 Å². The lowest BCUT2D eigenvalue weighted by molar-refractivity contribution is 0.0946. The van der Waals surface area contributed by atoms with Crippen LogP contribution in [-0.4, -0.2) is 46.4 Å². The van der Waals surface area contributed by atoms with Crippen LogP contribution in [0.4, 0.5) is 0 Å². The maximum Gasteiger partial charge on any atom is 0.269 e. The Bertz CT molecular complexity index is 787. The molecule has 3 heterocycles. The molecule has 0 unspecified atom stereocenters. The highest BCUT2D eigenvalue weighted by molar-refractivity contribution is 7.15. The third kappa shape index (κ3) is 3.68. The molecule has 0 aliphatic heterocycles. The number of hydrogen-bond acceptors (Lipinski definition) is 5. The number of carbonyl (C=O) groups is 1. The summed E-state index contributed by atoms with van der Waals surface area (Å²) in [5.41, 5.74) is 1.58. The minimum Gasteiger partial charge on any atom is -0.351 e. The molecule has 128 valence electrons. The standard InChI is InChI=1S/C17H22N4OS2/c1-3-20(4-2)9-6-8-18-16(22)14-12-24-17-19-13(11-21(14)17)15-7-5-10-23-15/h5,7,10-12H,3-4,6,8-9H2,1-2H3,(H,18,22). The number of amides is 1. The molecule has 0 saturated heterocycles. The lowest BCUT2D eigenvalue weighted by Crippen LogP contribution is -2.30.